The lowest BCUT2D eigenvalue weighted by Gasteiger charge is -2.42. The summed E-state index contributed by atoms with van der Waals surface area (Å²) in [5.41, 5.74) is 4.17. The van der Waals surface area contributed by atoms with Crippen molar-refractivity contribution >= 4 is 0 Å². The third-order valence-corrected chi connectivity index (χ3v) is 7.17. The molecule has 2 aliphatic heterocycles. The Hall–Kier alpha value is -3.36. The molecule has 6 nitrogen and oxygen atoms in total. The summed E-state index contributed by atoms with van der Waals surface area (Å²) in [5, 5.41) is 0. The molecule has 6 atom stereocenters. The molecule has 0 bridgehead atoms. The van der Waals surface area contributed by atoms with Gasteiger partial charge in [0.1, 0.15) is 24.4 Å². The third kappa shape index (κ3) is 6.67. The van der Waals surface area contributed by atoms with Crippen LogP contribution in [-0.2, 0) is 48.2 Å². The minimum Gasteiger partial charge on any atom is -0.374 e. The van der Waals surface area contributed by atoms with Crippen molar-refractivity contribution in [1.29, 1.82) is 0 Å². The van der Waals surface area contributed by atoms with Crippen molar-refractivity contribution in [2.45, 2.75) is 56.8 Å². The van der Waals surface area contributed by atoms with Crippen LogP contribution < -0.4 is 0 Å². The average Bonchev–Trinajstić information content (AvgIpc) is 3.45. The molecule has 0 radical (unpaired) electrons. The lowest BCUT2D eigenvalue weighted by atomic mass is 9.98. The van der Waals surface area contributed by atoms with Gasteiger partial charge in [-0.25, -0.2) is 0 Å². The topological polar surface area (TPSA) is 55.4 Å². The average molecular weight is 539 g/mol. The second kappa shape index (κ2) is 13.3. The molecule has 4 aromatic carbocycles. The fraction of sp³-hybridized carbons (Fsp3) is 0.294. The molecule has 2 heterocycles. The highest BCUT2D eigenvalue weighted by atomic mass is 16.8. The Balaban J connectivity index is 1.24. The van der Waals surface area contributed by atoms with Crippen molar-refractivity contribution in [1.82, 2.24) is 0 Å². The normalized spacial score (nSPS) is 25.9. The van der Waals surface area contributed by atoms with Gasteiger partial charge in [-0.2, -0.15) is 0 Å². The molecule has 206 valence electrons. The molecule has 0 aromatic heterocycles. The Bertz CT molecular complexity index is 1290. The van der Waals surface area contributed by atoms with Gasteiger partial charge < -0.3 is 28.4 Å². The molecule has 2 saturated heterocycles. The van der Waals surface area contributed by atoms with Gasteiger partial charge in [0.05, 0.1) is 26.4 Å². The van der Waals surface area contributed by atoms with E-state index < -0.39 is 37.0 Å². The van der Waals surface area contributed by atoms with Crippen LogP contribution in [0.5, 0.6) is 0 Å². The van der Waals surface area contributed by atoms with Crippen molar-refractivity contribution < 1.29 is 28.4 Å². The number of hydrogen-bond donors (Lipinski definition) is 0. The highest BCUT2D eigenvalue weighted by molar-refractivity contribution is 5.18. The third-order valence-electron chi connectivity index (χ3n) is 7.17. The number of benzene rings is 4. The van der Waals surface area contributed by atoms with E-state index in [0.29, 0.717) is 26.4 Å². The quantitative estimate of drug-likeness (QED) is 0.226. The standard InChI is InChI=1S/C34H34O6/c1-5-13-25(14-6-1)21-35-24-29-30(36-22-26-15-7-2-8-16-26)31(37-23-27-17-9-3-10-18-27)32-34(38-29)40-33(39-32)28-19-11-4-12-20-28/h1-20,29-34H,21-24H2/t29-,30-,31+,32-,33-,34-/m1/s1. The number of hydrogen-bond acceptors (Lipinski definition) is 6. The summed E-state index contributed by atoms with van der Waals surface area (Å²) in [7, 11) is 0. The van der Waals surface area contributed by atoms with Gasteiger partial charge >= 0.3 is 0 Å². The van der Waals surface area contributed by atoms with Crippen LogP contribution in [0.2, 0.25) is 0 Å². The Labute approximate surface area is 235 Å². The monoisotopic (exact) mass is 538 g/mol. The molecular weight excluding hydrogens is 504 g/mol. The van der Waals surface area contributed by atoms with Crippen LogP contribution in [0.1, 0.15) is 28.5 Å². The van der Waals surface area contributed by atoms with Crippen LogP contribution in [-0.4, -0.2) is 37.3 Å². The van der Waals surface area contributed by atoms with Crippen LogP contribution in [0.3, 0.4) is 0 Å². The van der Waals surface area contributed by atoms with Crippen LogP contribution in [0.15, 0.2) is 121 Å². The largest absolute Gasteiger partial charge is 0.374 e. The zero-order valence-electron chi connectivity index (χ0n) is 22.3. The molecule has 6 heteroatoms. The molecule has 0 N–H and O–H groups in total. The first-order valence-electron chi connectivity index (χ1n) is 13.8. The predicted octanol–water partition coefficient (Wildman–Crippen LogP) is 6.21. The van der Waals surface area contributed by atoms with Gasteiger partial charge in [0.25, 0.3) is 0 Å². The van der Waals surface area contributed by atoms with Crippen molar-refractivity contribution in [3.63, 3.8) is 0 Å². The van der Waals surface area contributed by atoms with Gasteiger partial charge in [-0.1, -0.05) is 121 Å². The molecule has 0 aliphatic carbocycles. The van der Waals surface area contributed by atoms with Crippen LogP contribution in [0, 0.1) is 0 Å². The van der Waals surface area contributed by atoms with E-state index in [2.05, 4.69) is 12.1 Å². The maximum absolute atomic E-state index is 6.60. The highest BCUT2D eigenvalue weighted by Gasteiger charge is 2.54. The number of ether oxygens (including phenoxy) is 6. The summed E-state index contributed by atoms with van der Waals surface area (Å²) < 4.78 is 38.6. The Morgan fingerprint density at radius 2 is 1.00 bits per heavy atom. The van der Waals surface area contributed by atoms with Gasteiger partial charge in [-0.15, -0.1) is 0 Å². The molecule has 0 saturated carbocycles. The fourth-order valence-electron chi connectivity index (χ4n) is 5.12. The molecule has 0 spiro atoms. The van der Waals surface area contributed by atoms with Crippen LogP contribution >= 0.6 is 0 Å². The smallest absolute Gasteiger partial charge is 0.190 e. The van der Waals surface area contributed by atoms with Gasteiger partial charge in [-0.05, 0) is 16.7 Å². The summed E-state index contributed by atoms with van der Waals surface area (Å²) in [5.74, 6) is 0. The highest BCUT2D eigenvalue weighted by Crippen LogP contribution is 2.40. The maximum atomic E-state index is 6.60. The van der Waals surface area contributed by atoms with E-state index in [0.717, 1.165) is 22.3 Å². The van der Waals surface area contributed by atoms with Gasteiger partial charge in [-0.3, -0.25) is 0 Å². The summed E-state index contributed by atoms with van der Waals surface area (Å²) in [6, 6.07) is 40.2. The summed E-state index contributed by atoms with van der Waals surface area (Å²) in [4.78, 5) is 0. The first-order valence-corrected chi connectivity index (χ1v) is 13.8. The molecule has 0 unspecified atom stereocenters. The summed E-state index contributed by atoms with van der Waals surface area (Å²) in [6.45, 7) is 1.62. The predicted molar refractivity (Wildman–Crippen MR) is 150 cm³/mol. The Kier molecular flexibility index (Phi) is 8.95. The van der Waals surface area contributed by atoms with E-state index in [1.54, 1.807) is 0 Å². The van der Waals surface area contributed by atoms with Crippen molar-refractivity contribution in [2.75, 3.05) is 6.61 Å². The Morgan fingerprint density at radius 3 is 1.57 bits per heavy atom. The van der Waals surface area contributed by atoms with E-state index in [9.17, 15) is 0 Å². The summed E-state index contributed by atoms with van der Waals surface area (Å²) in [6.07, 6.45) is -2.96. The number of fused-ring (bicyclic) bond motifs is 1. The van der Waals surface area contributed by atoms with Gasteiger partial charge in [0, 0.05) is 5.56 Å². The van der Waals surface area contributed by atoms with Crippen molar-refractivity contribution in [3.05, 3.63) is 144 Å². The van der Waals surface area contributed by atoms with E-state index >= 15 is 0 Å². The fourth-order valence-corrected chi connectivity index (χ4v) is 5.12. The molecule has 4 aromatic rings. The second-order valence-corrected chi connectivity index (χ2v) is 10.0. The van der Waals surface area contributed by atoms with Crippen molar-refractivity contribution in [3.8, 4) is 0 Å². The SMILES string of the molecule is c1ccc(COC[C@H]2O[C@@H]3O[C@H](c4ccccc4)O[C@@H]3[C@@H](OCc3ccccc3)[C@@H]2OCc2ccccc2)cc1. The molecule has 0 amide bonds. The minimum absolute atomic E-state index is 0.322. The number of rotatable bonds is 11. The van der Waals surface area contributed by atoms with E-state index in [1.165, 1.54) is 0 Å². The zero-order valence-corrected chi connectivity index (χ0v) is 22.3. The molecular formula is C34H34O6. The molecule has 2 aliphatic rings. The maximum Gasteiger partial charge on any atom is 0.190 e. The van der Waals surface area contributed by atoms with E-state index in [-0.39, 0.29) is 0 Å². The molecule has 2 fully saturated rings. The van der Waals surface area contributed by atoms with Crippen LogP contribution in [0.25, 0.3) is 0 Å². The second-order valence-electron chi connectivity index (χ2n) is 10.0. The van der Waals surface area contributed by atoms with E-state index in [1.807, 2.05) is 109 Å². The minimum atomic E-state index is -0.618. The lowest BCUT2D eigenvalue weighted by molar-refractivity contribution is -0.278. The van der Waals surface area contributed by atoms with Gasteiger partial charge in [0.2, 0.25) is 0 Å². The lowest BCUT2D eigenvalue weighted by Crippen LogP contribution is -2.59. The Morgan fingerprint density at radius 1 is 0.500 bits per heavy atom. The van der Waals surface area contributed by atoms with Gasteiger partial charge in [0.15, 0.2) is 12.6 Å². The molecule has 6 rings (SSSR count). The molecule has 40 heavy (non-hydrogen) atoms. The summed E-state index contributed by atoms with van der Waals surface area (Å²) >= 11 is 0. The first kappa shape index (κ1) is 26.8. The zero-order chi connectivity index (χ0) is 27.0. The van der Waals surface area contributed by atoms with E-state index in [4.69, 9.17) is 28.4 Å². The van der Waals surface area contributed by atoms with Crippen molar-refractivity contribution in [2.24, 2.45) is 0 Å². The van der Waals surface area contributed by atoms with Crippen LogP contribution in [0.4, 0.5) is 0 Å². The first-order chi connectivity index (χ1) is 19.8.